The van der Waals surface area contributed by atoms with Crippen molar-refractivity contribution in [2.24, 2.45) is 5.92 Å². The van der Waals surface area contributed by atoms with Crippen LogP contribution < -0.4 is 4.74 Å². The van der Waals surface area contributed by atoms with E-state index in [1.54, 1.807) is 0 Å². The molecule has 1 aromatic carbocycles. The van der Waals surface area contributed by atoms with E-state index in [4.69, 9.17) is 16.3 Å². The number of rotatable bonds is 4. The smallest absolute Gasteiger partial charge is 0.145 e. The van der Waals surface area contributed by atoms with Crippen LogP contribution in [-0.2, 0) is 6.42 Å². The van der Waals surface area contributed by atoms with E-state index in [9.17, 15) is 0 Å². The van der Waals surface area contributed by atoms with E-state index in [1.807, 2.05) is 31.2 Å². The molecule has 96 valence electrons. The van der Waals surface area contributed by atoms with E-state index in [2.05, 4.69) is 18.8 Å². The molecule has 0 radical (unpaired) electrons. The summed E-state index contributed by atoms with van der Waals surface area (Å²) in [5.41, 5.74) is 1.89. The highest BCUT2D eigenvalue weighted by atomic mass is 35.5. The van der Waals surface area contributed by atoms with Gasteiger partial charge < -0.3 is 4.74 Å². The molecule has 0 spiro atoms. The second kappa shape index (κ2) is 5.57. The number of ether oxygens (including phenoxy) is 1. The van der Waals surface area contributed by atoms with Crippen molar-refractivity contribution in [2.75, 3.05) is 6.61 Å². The highest BCUT2D eigenvalue weighted by Gasteiger charge is 2.09. The first-order valence-corrected chi connectivity index (χ1v) is 6.70. The fourth-order valence-corrected chi connectivity index (χ4v) is 2.30. The summed E-state index contributed by atoms with van der Waals surface area (Å²) in [6.07, 6.45) is 0.927. The summed E-state index contributed by atoms with van der Waals surface area (Å²) in [4.78, 5) is 4.69. The van der Waals surface area contributed by atoms with Crippen molar-refractivity contribution in [2.45, 2.75) is 27.2 Å². The minimum Gasteiger partial charge on any atom is -0.492 e. The number of para-hydroxylation sites is 1. The zero-order valence-electron chi connectivity index (χ0n) is 11.0. The van der Waals surface area contributed by atoms with E-state index in [0.29, 0.717) is 12.5 Å². The molecule has 0 fully saturated rings. The van der Waals surface area contributed by atoms with Crippen molar-refractivity contribution in [3.8, 4) is 5.75 Å². The Kier molecular flexibility index (Phi) is 4.07. The second-order valence-electron chi connectivity index (χ2n) is 4.78. The third-order valence-electron chi connectivity index (χ3n) is 2.72. The van der Waals surface area contributed by atoms with Crippen molar-refractivity contribution in [1.29, 1.82) is 0 Å². The minimum atomic E-state index is 0.560. The molecule has 0 N–H and O–H groups in total. The summed E-state index contributed by atoms with van der Waals surface area (Å²) < 4.78 is 5.61. The van der Waals surface area contributed by atoms with Gasteiger partial charge >= 0.3 is 0 Å². The average molecular weight is 264 g/mol. The topological polar surface area (TPSA) is 22.1 Å². The molecule has 0 saturated heterocycles. The number of benzene rings is 1. The Balaban J connectivity index is 2.56. The molecule has 0 aliphatic heterocycles. The van der Waals surface area contributed by atoms with Crippen molar-refractivity contribution >= 4 is 22.5 Å². The quantitative estimate of drug-likeness (QED) is 0.811. The molecule has 2 nitrogen and oxygen atoms in total. The first-order valence-electron chi connectivity index (χ1n) is 6.32. The van der Waals surface area contributed by atoms with Gasteiger partial charge in [0.15, 0.2) is 0 Å². The van der Waals surface area contributed by atoms with Gasteiger partial charge in [-0.05, 0) is 31.4 Å². The Hall–Kier alpha value is -1.28. The number of fused-ring (bicyclic) bond motifs is 1. The van der Waals surface area contributed by atoms with Crippen LogP contribution in [-0.4, -0.2) is 11.6 Å². The molecule has 2 rings (SSSR count). The maximum absolute atomic E-state index is 6.32. The summed E-state index contributed by atoms with van der Waals surface area (Å²) >= 11 is 6.32. The van der Waals surface area contributed by atoms with Crippen LogP contribution in [0.3, 0.4) is 0 Å². The van der Waals surface area contributed by atoms with E-state index in [1.165, 1.54) is 0 Å². The highest BCUT2D eigenvalue weighted by molar-refractivity contribution is 6.35. The van der Waals surface area contributed by atoms with Crippen LogP contribution in [0.5, 0.6) is 5.75 Å². The molecule has 0 aliphatic carbocycles. The lowest BCUT2D eigenvalue weighted by Gasteiger charge is -2.11. The first kappa shape index (κ1) is 13.2. The third kappa shape index (κ3) is 2.75. The third-order valence-corrected chi connectivity index (χ3v) is 3.03. The largest absolute Gasteiger partial charge is 0.492 e. The maximum atomic E-state index is 6.32. The van der Waals surface area contributed by atoms with E-state index >= 15 is 0 Å². The molecule has 18 heavy (non-hydrogen) atoms. The predicted octanol–water partition coefficient (Wildman–Crippen LogP) is 4.49. The SMILES string of the molecule is CCOc1cccc2c(Cl)cc(CC(C)C)nc12. The van der Waals surface area contributed by atoms with Crippen molar-refractivity contribution in [1.82, 2.24) is 4.98 Å². The van der Waals surface area contributed by atoms with Gasteiger partial charge in [0.2, 0.25) is 0 Å². The van der Waals surface area contributed by atoms with E-state index < -0.39 is 0 Å². The lowest BCUT2D eigenvalue weighted by atomic mass is 10.1. The zero-order chi connectivity index (χ0) is 13.1. The highest BCUT2D eigenvalue weighted by Crippen LogP contribution is 2.30. The van der Waals surface area contributed by atoms with Gasteiger partial charge in [-0.2, -0.15) is 0 Å². The van der Waals surface area contributed by atoms with Crippen molar-refractivity contribution < 1.29 is 4.74 Å². The fraction of sp³-hybridized carbons (Fsp3) is 0.400. The molecule has 0 bridgehead atoms. The Morgan fingerprint density at radius 1 is 1.33 bits per heavy atom. The monoisotopic (exact) mass is 263 g/mol. The van der Waals surface area contributed by atoms with Gasteiger partial charge in [-0.3, -0.25) is 0 Å². The Morgan fingerprint density at radius 3 is 2.78 bits per heavy atom. The molecule has 0 amide bonds. The molecule has 0 atom stereocenters. The Labute approximate surface area is 113 Å². The van der Waals surface area contributed by atoms with Gasteiger partial charge in [0.1, 0.15) is 11.3 Å². The molecule has 3 heteroatoms. The van der Waals surface area contributed by atoms with Crippen molar-refractivity contribution in [3.05, 3.63) is 35.0 Å². The molecule has 0 saturated carbocycles. The van der Waals surface area contributed by atoms with Gasteiger partial charge in [-0.1, -0.05) is 37.6 Å². The second-order valence-corrected chi connectivity index (χ2v) is 5.19. The first-order chi connectivity index (χ1) is 8.61. The van der Waals surface area contributed by atoms with Gasteiger partial charge in [-0.25, -0.2) is 4.98 Å². The molecule has 0 aliphatic rings. The number of halogens is 1. The predicted molar refractivity (Wildman–Crippen MR) is 76.5 cm³/mol. The van der Waals surface area contributed by atoms with Crippen LogP contribution in [0.1, 0.15) is 26.5 Å². The van der Waals surface area contributed by atoms with Crippen LogP contribution in [0.15, 0.2) is 24.3 Å². The summed E-state index contributed by atoms with van der Waals surface area (Å²) in [6.45, 7) is 6.95. The molecule has 1 heterocycles. The zero-order valence-corrected chi connectivity index (χ0v) is 11.8. The minimum absolute atomic E-state index is 0.560. The normalized spacial score (nSPS) is 11.2. The van der Waals surface area contributed by atoms with E-state index in [-0.39, 0.29) is 0 Å². The van der Waals surface area contributed by atoms with Crippen LogP contribution in [0.25, 0.3) is 10.9 Å². The van der Waals surface area contributed by atoms with Gasteiger partial charge in [0.05, 0.1) is 11.6 Å². The van der Waals surface area contributed by atoms with Crippen LogP contribution >= 0.6 is 11.6 Å². The molecule has 2 aromatic rings. The number of hydrogen-bond acceptors (Lipinski definition) is 2. The Bertz CT molecular complexity index is 551. The number of hydrogen-bond donors (Lipinski definition) is 0. The van der Waals surface area contributed by atoms with Gasteiger partial charge in [0, 0.05) is 11.1 Å². The van der Waals surface area contributed by atoms with Crippen molar-refractivity contribution in [3.63, 3.8) is 0 Å². The van der Waals surface area contributed by atoms with E-state index in [0.717, 1.165) is 33.8 Å². The maximum Gasteiger partial charge on any atom is 0.145 e. The van der Waals surface area contributed by atoms with Gasteiger partial charge in [-0.15, -0.1) is 0 Å². The molecule has 1 aromatic heterocycles. The van der Waals surface area contributed by atoms with Crippen LogP contribution in [0.4, 0.5) is 0 Å². The van der Waals surface area contributed by atoms with Crippen LogP contribution in [0, 0.1) is 5.92 Å². The lowest BCUT2D eigenvalue weighted by Crippen LogP contribution is -2.00. The standard InChI is InChI=1S/C15H18ClNO/c1-4-18-14-7-5-6-12-13(16)9-11(8-10(2)3)17-15(12)14/h5-7,9-10H,4,8H2,1-3H3. The molecular weight excluding hydrogens is 246 g/mol. The summed E-state index contributed by atoms with van der Waals surface area (Å²) in [6, 6.07) is 7.82. The number of aromatic nitrogens is 1. The molecule has 0 unspecified atom stereocenters. The summed E-state index contributed by atoms with van der Waals surface area (Å²) in [5, 5.41) is 1.70. The average Bonchev–Trinajstić information content (AvgIpc) is 2.30. The van der Waals surface area contributed by atoms with Gasteiger partial charge in [0.25, 0.3) is 0 Å². The Morgan fingerprint density at radius 2 is 2.11 bits per heavy atom. The van der Waals surface area contributed by atoms with Crippen LogP contribution in [0.2, 0.25) is 5.02 Å². The summed E-state index contributed by atoms with van der Waals surface area (Å²) in [5.74, 6) is 1.37. The fourth-order valence-electron chi connectivity index (χ4n) is 2.03. The summed E-state index contributed by atoms with van der Waals surface area (Å²) in [7, 11) is 0. The number of nitrogens with zero attached hydrogens (tertiary/aromatic N) is 1. The molecular formula is C15H18ClNO. The lowest BCUT2D eigenvalue weighted by molar-refractivity contribution is 0.343. The number of pyridine rings is 1.